The fourth-order valence-electron chi connectivity index (χ4n) is 2.94. The molecular weight excluding hydrogens is 380 g/mol. The van der Waals surface area contributed by atoms with Crippen LogP contribution in [0.15, 0.2) is 67.0 Å². The number of nitrogens with one attached hydrogen (secondary N) is 2. The van der Waals surface area contributed by atoms with E-state index in [9.17, 15) is 0 Å². The van der Waals surface area contributed by atoms with Gasteiger partial charge in [0, 0.05) is 17.8 Å². The number of rotatable bonds is 7. The summed E-state index contributed by atoms with van der Waals surface area (Å²) in [5, 5.41) is 10.9. The van der Waals surface area contributed by atoms with Crippen molar-refractivity contribution in [3.63, 3.8) is 0 Å². The molecule has 152 valence electrons. The number of nitrogen functional groups attached to an aromatic ring is 1. The third-order valence-corrected chi connectivity index (χ3v) is 4.51. The second-order valence-corrected chi connectivity index (χ2v) is 6.60. The molecule has 0 aliphatic carbocycles. The van der Waals surface area contributed by atoms with Crippen LogP contribution in [0.2, 0.25) is 0 Å². The van der Waals surface area contributed by atoms with Crippen LogP contribution >= 0.6 is 0 Å². The second kappa shape index (κ2) is 8.48. The first-order chi connectivity index (χ1) is 14.6. The molecule has 9 heteroatoms. The lowest BCUT2D eigenvalue weighted by Crippen LogP contribution is -2.10. The van der Waals surface area contributed by atoms with Crippen molar-refractivity contribution in [2.75, 3.05) is 23.5 Å². The van der Waals surface area contributed by atoms with E-state index >= 15 is 0 Å². The molecule has 0 bridgehead atoms. The Kier molecular flexibility index (Phi) is 5.42. The summed E-state index contributed by atoms with van der Waals surface area (Å²) in [7, 11) is 1.65. The van der Waals surface area contributed by atoms with Gasteiger partial charge in [-0.1, -0.05) is 30.3 Å². The molecule has 30 heavy (non-hydrogen) atoms. The Morgan fingerprint density at radius 1 is 1.03 bits per heavy atom. The van der Waals surface area contributed by atoms with E-state index in [1.165, 1.54) is 11.0 Å². The minimum absolute atomic E-state index is 0.0297. The molecule has 0 fully saturated rings. The Labute approximate surface area is 174 Å². The highest BCUT2D eigenvalue weighted by atomic mass is 16.5. The van der Waals surface area contributed by atoms with Gasteiger partial charge < -0.3 is 21.1 Å². The van der Waals surface area contributed by atoms with Gasteiger partial charge in [-0.15, -0.1) is 5.10 Å². The smallest absolute Gasteiger partial charge is 0.248 e. The summed E-state index contributed by atoms with van der Waals surface area (Å²) in [5.41, 5.74) is 8.02. The van der Waals surface area contributed by atoms with E-state index in [0.29, 0.717) is 17.6 Å². The maximum atomic E-state index is 6.05. The lowest BCUT2D eigenvalue weighted by molar-refractivity contribution is 0.414. The number of nitrogens with zero attached hydrogens (tertiary/aromatic N) is 5. The Bertz CT molecular complexity index is 1110. The minimum Gasteiger partial charge on any atom is -0.497 e. The average Bonchev–Trinajstić information content (AvgIpc) is 3.14. The molecule has 4 aromatic rings. The van der Waals surface area contributed by atoms with Gasteiger partial charge in [0.05, 0.1) is 7.11 Å². The fraction of sp³-hybridized carbons (Fsp3) is 0.143. The zero-order valence-corrected chi connectivity index (χ0v) is 16.6. The van der Waals surface area contributed by atoms with Crippen molar-refractivity contribution in [2.45, 2.75) is 13.0 Å². The van der Waals surface area contributed by atoms with Gasteiger partial charge in [0.1, 0.15) is 17.9 Å². The number of hydrogen-bond donors (Lipinski definition) is 3. The van der Waals surface area contributed by atoms with Crippen molar-refractivity contribution in [3.05, 3.63) is 72.6 Å². The highest BCUT2D eigenvalue weighted by molar-refractivity contribution is 5.54. The highest BCUT2D eigenvalue weighted by Crippen LogP contribution is 2.22. The second-order valence-electron chi connectivity index (χ2n) is 6.60. The van der Waals surface area contributed by atoms with Crippen molar-refractivity contribution in [3.8, 4) is 11.6 Å². The molecule has 0 radical (unpaired) electrons. The Morgan fingerprint density at radius 2 is 1.80 bits per heavy atom. The summed E-state index contributed by atoms with van der Waals surface area (Å²) in [5.74, 6) is 2.59. The monoisotopic (exact) mass is 402 g/mol. The quantitative estimate of drug-likeness (QED) is 0.430. The molecule has 0 aliphatic heterocycles. The van der Waals surface area contributed by atoms with E-state index in [2.05, 4.69) is 37.6 Å². The first-order valence-electron chi connectivity index (χ1n) is 9.40. The largest absolute Gasteiger partial charge is 0.497 e. The lowest BCUT2D eigenvalue weighted by atomic mass is 10.1. The number of para-hydroxylation sites is 1. The summed E-state index contributed by atoms with van der Waals surface area (Å²) in [6.45, 7) is 2.05. The number of anilines is 4. The van der Waals surface area contributed by atoms with Crippen LogP contribution in [0, 0.1) is 0 Å². The summed E-state index contributed by atoms with van der Waals surface area (Å²) in [4.78, 5) is 12.8. The van der Waals surface area contributed by atoms with E-state index in [1.54, 1.807) is 13.2 Å². The van der Waals surface area contributed by atoms with Crippen LogP contribution in [-0.4, -0.2) is 31.8 Å². The predicted octanol–water partition coefficient (Wildman–Crippen LogP) is 3.56. The summed E-state index contributed by atoms with van der Waals surface area (Å²) in [6, 6.07) is 19.3. The molecule has 4 rings (SSSR count). The third kappa shape index (κ3) is 4.30. The van der Waals surface area contributed by atoms with Gasteiger partial charge in [-0.05, 0) is 36.8 Å². The van der Waals surface area contributed by atoms with E-state index in [1.807, 2.05) is 54.6 Å². The van der Waals surface area contributed by atoms with Crippen LogP contribution in [0.1, 0.15) is 18.5 Å². The van der Waals surface area contributed by atoms with E-state index < -0.39 is 0 Å². The number of hydrogen-bond acceptors (Lipinski definition) is 8. The van der Waals surface area contributed by atoms with Crippen LogP contribution in [0.4, 0.5) is 23.4 Å². The van der Waals surface area contributed by atoms with Crippen LogP contribution < -0.4 is 21.1 Å². The first kappa shape index (κ1) is 19.2. The van der Waals surface area contributed by atoms with Gasteiger partial charge in [0.2, 0.25) is 11.9 Å². The normalized spacial score (nSPS) is 11.7. The van der Waals surface area contributed by atoms with E-state index in [0.717, 1.165) is 17.0 Å². The molecule has 2 aromatic carbocycles. The van der Waals surface area contributed by atoms with Crippen LogP contribution in [-0.2, 0) is 0 Å². The average molecular weight is 402 g/mol. The molecule has 0 spiro atoms. The molecule has 0 saturated carbocycles. The maximum absolute atomic E-state index is 6.05. The predicted molar refractivity (Wildman–Crippen MR) is 116 cm³/mol. The van der Waals surface area contributed by atoms with Gasteiger partial charge >= 0.3 is 0 Å². The molecular formula is C21H22N8O. The zero-order chi connectivity index (χ0) is 20.9. The number of nitrogens with two attached hydrogens (primary N) is 1. The number of methoxy groups -OCH3 is 1. The molecule has 1 atom stereocenters. The number of benzene rings is 2. The first-order valence-corrected chi connectivity index (χ1v) is 9.40. The van der Waals surface area contributed by atoms with Gasteiger partial charge in [0.15, 0.2) is 5.82 Å². The van der Waals surface area contributed by atoms with Gasteiger partial charge in [-0.3, -0.25) is 0 Å². The van der Waals surface area contributed by atoms with Crippen molar-refractivity contribution in [1.29, 1.82) is 0 Å². The SMILES string of the molecule is COc1ccc([C@H](C)Nc2cc(-n3nc(Nc4ccccc4)nc3N)ncn2)cc1. The standard InChI is InChI=1S/C21H22N8O/c1-14(15-8-10-17(30-2)11-9-15)25-18-12-19(24-13-23-18)29-20(22)27-21(28-29)26-16-6-4-3-5-7-16/h3-14H,1-2H3,(H,23,24,25)(H3,22,26,27,28)/t14-/m0/s1. The summed E-state index contributed by atoms with van der Waals surface area (Å²) >= 11 is 0. The van der Waals surface area contributed by atoms with Crippen molar-refractivity contribution >= 4 is 23.4 Å². The summed E-state index contributed by atoms with van der Waals surface area (Å²) < 4.78 is 6.68. The molecule has 0 unspecified atom stereocenters. The maximum Gasteiger partial charge on any atom is 0.248 e. The number of aromatic nitrogens is 5. The van der Waals surface area contributed by atoms with Crippen LogP contribution in [0.25, 0.3) is 5.82 Å². The number of ether oxygens (including phenoxy) is 1. The van der Waals surface area contributed by atoms with Crippen molar-refractivity contribution in [1.82, 2.24) is 24.7 Å². The van der Waals surface area contributed by atoms with Crippen molar-refractivity contribution in [2.24, 2.45) is 0 Å². The Morgan fingerprint density at radius 3 is 2.53 bits per heavy atom. The molecule has 0 amide bonds. The third-order valence-electron chi connectivity index (χ3n) is 4.51. The van der Waals surface area contributed by atoms with Gasteiger partial charge in [-0.2, -0.15) is 9.67 Å². The topological polar surface area (TPSA) is 116 Å². The van der Waals surface area contributed by atoms with Crippen molar-refractivity contribution < 1.29 is 4.74 Å². The van der Waals surface area contributed by atoms with Gasteiger partial charge in [-0.25, -0.2) is 9.97 Å². The van der Waals surface area contributed by atoms with E-state index in [-0.39, 0.29) is 12.0 Å². The molecule has 2 aromatic heterocycles. The van der Waals surface area contributed by atoms with Crippen LogP contribution in [0.5, 0.6) is 5.75 Å². The van der Waals surface area contributed by atoms with E-state index in [4.69, 9.17) is 10.5 Å². The van der Waals surface area contributed by atoms with Gasteiger partial charge in [0.25, 0.3) is 0 Å². The highest BCUT2D eigenvalue weighted by Gasteiger charge is 2.12. The Hall–Kier alpha value is -4.14. The molecule has 2 heterocycles. The molecule has 0 aliphatic rings. The minimum atomic E-state index is 0.0297. The van der Waals surface area contributed by atoms with Crippen LogP contribution in [0.3, 0.4) is 0 Å². The molecule has 9 nitrogen and oxygen atoms in total. The lowest BCUT2D eigenvalue weighted by Gasteiger charge is -2.15. The fourth-order valence-corrected chi connectivity index (χ4v) is 2.94. The Balaban J connectivity index is 1.51. The molecule has 4 N–H and O–H groups in total. The summed E-state index contributed by atoms with van der Waals surface area (Å²) in [6.07, 6.45) is 1.46. The zero-order valence-electron chi connectivity index (χ0n) is 16.6. The molecule has 0 saturated heterocycles.